The average molecular weight is 191 g/mol. The number of halogens is 1. The van der Waals surface area contributed by atoms with Gasteiger partial charge in [-0.1, -0.05) is 32.3 Å². The van der Waals surface area contributed by atoms with E-state index in [0.29, 0.717) is 12.2 Å². The Labute approximate surface area is 81.6 Å². The third kappa shape index (κ3) is 9.70. The van der Waals surface area contributed by atoms with Gasteiger partial charge in [-0.15, -0.1) is 19.0 Å². The van der Waals surface area contributed by atoms with Crippen LogP contribution in [-0.2, 0) is 4.79 Å². The molecule has 0 unspecified atom stereocenters. The quantitative estimate of drug-likeness (QED) is 0.444. The molecule has 0 heterocycles. The minimum atomic E-state index is 0. The number of unbranched alkanes of at least 4 members (excludes halogenated alkanes) is 3. The molecule has 0 saturated carbocycles. The maximum absolute atomic E-state index is 10.9. The third-order valence-corrected chi connectivity index (χ3v) is 1.68. The fraction of sp³-hybridized carbons (Fsp3) is 0.700. The van der Waals surface area contributed by atoms with Crippen molar-refractivity contribution < 1.29 is 4.79 Å². The summed E-state index contributed by atoms with van der Waals surface area (Å²) in [5, 5.41) is 0. The van der Waals surface area contributed by atoms with Crippen molar-refractivity contribution in [2.24, 2.45) is 0 Å². The van der Waals surface area contributed by atoms with Gasteiger partial charge in [-0.2, -0.15) is 0 Å². The fourth-order valence-corrected chi connectivity index (χ4v) is 1.01. The van der Waals surface area contributed by atoms with Gasteiger partial charge in [0.1, 0.15) is 5.78 Å². The first-order valence-corrected chi connectivity index (χ1v) is 4.43. The lowest BCUT2D eigenvalue weighted by atomic mass is 10.1. The van der Waals surface area contributed by atoms with Crippen LogP contribution in [0, 0.1) is 0 Å². The minimum absolute atomic E-state index is 0. The Morgan fingerprint density at radius 2 is 2.00 bits per heavy atom. The van der Waals surface area contributed by atoms with Crippen LogP contribution >= 0.6 is 12.4 Å². The summed E-state index contributed by atoms with van der Waals surface area (Å²) >= 11 is 0. The van der Waals surface area contributed by atoms with Gasteiger partial charge in [0, 0.05) is 12.8 Å². The summed E-state index contributed by atoms with van der Waals surface area (Å²) in [5.41, 5.74) is 0. The summed E-state index contributed by atoms with van der Waals surface area (Å²) < 4.78 is 0. The van der Waals surface area contributed by atoms with Crippen molar-refractivity contribution in [1.82, 2.24) is 0 Å². The van der Waals surface area contributed by atoms with E-state index in [1.807, 2.05) is 0 Å². The lowest BCUT2D eigenvalue weighted by Gasteiger charge is -1.96. The lowest BCUT2D eigenvalue weighted by molar-refractivity contribution is -0.118. The summed E-state index contributed by atoms with van der Waals surface area (Å²) in [6.45, 7) is 5.70. The topological polar surface area (TPSA) is 17.1 Å². The van der Waals surface area contributed by atoms with Crippen molar-refractivity contribution in [3.8, 4) is 0 Å². The van der Waals surface area contributed by atoms with Gasteiger partial charge < -0.3 is 0 Å². The molecule has 0 aromatic heterocycles. The summed E-state index contributed by atoms with van der Waals surface area (Å²) in [4.78, 5) is 10.9. The SMILES string of the molecule is C=CCC(=O)CCCCCC.Cl. The third-order valence-electron chi connectivity index (χ3n) is 1.68. The lowest BCUT2D eigenvalue weighted by Crippen LogP contribution is -1.94. The van der Waals surface area contributed by atoms with E-state index in [0.717, 1.165) is 12.8 Å². The Kier molecular flexibility index (Phi) is 12.7. The van der Waals surface area contributed by atoms with E-state index in [1.54, 1.807) is 6.08 Å². The van der Waals surface area contributed by atoms with E-state index in [1.165, 1.54) is 19.3 Å². The van der Waals surface area contributed by atoms with Gasteiger partial charge in [-0.25, -0.2) is 0 Å². The molecule has 0 aromatic rings. The Morgan fingerprint density at radius 1 is 1.33 bits per heavy atom. The van der Waals surface area contributed by atoms with Crippen LogP contribution < -0.4 is 0 Å². The van der Waals surface area contributed by atoms with Crippen LogP contribution in [0.2, 0.25) is 0 Å². The highest BCUT2D eigenvalue weighted by molar-refractivity contribution is 5.85. The van der Waals surface area contributed by atoms with Gasteiger partial charge in [0.2, 0.25) is 0 Å². The fourth-order valence-electron chi connectivity index (χ4n) is 1.01. The number of carbonyl (C=O) groups is 1. The van der Waals surface area contributed by atoms with Crippen molar-refractivity contribution >= 4 is 18.2 Å². The van der Waals surface area contributed by atoms with Crippen LogP contribution in [0.15, 0.2) is 12.7 Å². The minimum Gasteiger partial charge on any atom is -0.299 e. The van der Waals surface area contributed by atoms with E-state index >= 15 is 0 Å². The largest absolute Gasteiger partial charge is 0.299 e. The predicted molar refractivity (Wildman–Crippen MR) is 55.8 cm³/mol. The molecule has 0 aromatic carbocycles. The number of hydrogen-bond acceptors (Lipinski definition) is 1. The van der Waals surface area contributed by atoms with Crippen molar-refractivity contribution in [2.45, 2.75) is 45.4 Å². The van der Waals surface area contributed by atoms with E-state index in [2.05, 4.69) is 13.5 Å². The zero-order valence-electron chi connectivity index (χ0n) is 7.84. The average Bonchev–Trinajstić information content (AvgIpc) is 1.99. The van der Waals surface area contributed by atoms with E-state index in [9.17, 15) is 4.79 Å². The molecule has 0 N–H and O–H groups in total. The molecule has 0 rings (SSSR count). The normalized spacial score (nSPS) is 8.75. The number of rotatable bonds is 7. The molecule has 0 aliphatic rings. The van der Waals surface area contributed by atoms with Gasteiger partial charge in [0.25, 0.3) is 0 Å². The van der Waals surface area contributed by atoms with E-state index < -0.39 is 0 Å². The van der Waals surface area contributed by atoms with E-state index in [-0.39, 0.29) is 12.4 Å². The van der Waals surface area contributed by atoms with Crippen LogP contribution in [-0.4, -0.2) is 5.78 Å². The second-order valence-corrected chi connectivity index (χ2v) is 2.84. The molecule has 0 amide bonds. The number of Topliss-reactive ketones (excluding diaryl/α,β-unsaturated/α-hetero) is 1. The van der Waals surface area contributed by atoms with Crippen LogP contribution in [0.3, 0.4) is 0 Å². The number of carbonyl (C=O) groups excluding carboxylic acids is 1. The zero-order valence-corrected chi connectivity index (χ0v) is 8.66. The monoisotopic (exact) mass is 190 g/mol. The molecule has 0 fully saturated rings. The predicted octanol–water partition coefficient (Wildman–Crippen LogP) is 3.52. The van der Waals surface area contributed by atoms with Gasteiger partial charge in [-0.05, 0) is 6.42 Å². The molecule has 0 radical (unpaired) electrons. The van der Waals surface area contributed by atoms with Crippen molar-refractivity contribution in [2.75, 3.05) is 0 Å². The first-order valence-electron chi connectivity index (χ1n) is 4.43. The highest BCUT2D eigenvalue weighted by atomic mass is 35.5. The molecular formula is C10H19ClO. The molecule has 0 bridgehead atoms. The highest BCUT2D eigenvalue weighted by Crippen LogP contribution is 2.04. The summed E-state index contributed by atoms with van der Waals surface area (Å²) in [7, 11) is 0. The highest BCUT2D eigenvalue weighted by Gasteiger charge is 1.97. The molecule has 1 nitrogen and oxygen atoms in total. The Morgan fingerprint density at radius 3 is 2.50 bits per heavy atom. The van der Waals surface area contributed by atoms with Crippen molar-refractivity contribution in [3.05, 3.63) is 12.7 Å². The van der Waals surface area contributed by atoms with Crippen LogP contribution in [0.25, 0.3) is 0 Å². The molecule has 0 spiro atoms. The molecule has 2 heteroatoms. The molecule has 0 aliphatic carbocycles. The molecular weight excluding hydrogens is 172 g/mol. The Bertz CT molecular complexity index is 121. The van der Waals surface area contributed by atoms with Crippen LogP contribution in [0.4, 0.5) is 0 Å². The van der Waals surface area contributed by atoms with Gasteiger partial charge in [0.05, 0.1) is 0 Å². The first-order chi connectivity index (χ1) is 5.31. The van der Waals surface area contributed by atoms with Crippen LogP contribution in [0.1, 0.15) is 45.4 Å². The number of hydrogen-bond donors (Lipinski definition) is 0. The van der Waals surface area contributed by atoms with Gasteiger partial charge in [0.15, 0.2) is 0 Å². The first kappa shape index (κ1) is 14.2. The van der Waals surface area contributed by atoms with Gasteiger partial charge in [-0.3, -0.25) is 4.79 Å². The van der Waals surface area contributed by atoms with Crippen LogP contribution in [0.5, 0.6) is 0 Å². The molecule has 72 valence electrons. The molecule has 12 heavy (non-hydrogen) atoms. The summed E-state index contributed by atoms with van der Waals surface area (Å²) in [6.07, 6.45) is 7.71. The number of allylic oxidation sites excluding steroid dienone is 1. The molecule has 0 saturated heterocycles. The Balaban J connectivity index is 0. The maximum Gasteiger partial charge on any atom is 0.136 e. The molecule has 0 aliphatic heterocycles. The van der Waals surface area contributed by atoms with Crippen molar-refractivity contribution in [3.63, 3.8) is 0 Å². The number of ketones is 1. The second-order valence-electron chi connectivity index (χ2n) is 2.84. The smallest absolute Gasteiger partial charge is 0.136 e. The van der Waals surface area contributed by atoms with Gasteiger partial charge >= 0.3 is 0 Å². The zero-order chi connectivity index (χ0) is 8.53. The Hall–Kier alpha value is -0.300. The summed E-state index contributed by atoms with van der Waals surface area (Å²) in [6, 6.07) is 0. The van der Waals surface area contributed by atoms with Crippen molar-refractivity contribution in [1.29, 1.82) is 0 Å². The maximum atomic E-state index is 10.9. The van der Waals surface area contributed by atoms with E-state index in [4.69, 9.17) is 0 Å². The summed E-state index contributed by atoms with van der Waals surface area (Å²) in [5.74, 6) is 0.330. The molecule has 0 atom stereocenters. The standard InChI is InChI=1S/C10H18O.ClH/c1-3-5-6-7-9-10(11)8-4-2;/h4H,2-3,5-9H2,1H3;1H. The second kappa shape index (κ2) is 10.7.